The van der Waals surface area contributed by atoms with Gasteiger partial charge in [0.05, 0.1) is 0 Å². The summed E-state index contributed by atoms with van der Waals surface area (Å²) in [7, 11) is 0. The van der Waals surface area contributed by atoms with Gasteiger partial charge in [0.25, 0.3) is 0 Å². The number of hydrogen-bond donors (Lipinski definition) is 3. The minimum Gasteiger partial charge on any atom is -0.508 e. The Kier molecular flexibility index (Phi) is 2.68. The van der Waals surface area contributed by atoms with Crippen LogP contribution >= 0.6 is 0 Å². The second-order valence-corrected chi connectivity index (χ2v) is 4.08. The highest BCUT2D eigenvalue weighted by Crippen LogP contribution is 2.36. The highest BCUT2D eigenvalue weighted by molar-refractivity contribution is 5.75. The van der Waals surface area contributed by atoms with Crippen molar-refractivity contribution in [2.24, 2.45) is 0 Å². The van der Waals surface area contributed by atoms with E-state index in [4.69, 9.17) is 0 Å². The average Bonchev–Trinajstić information content (AvgIpc) is 2.28. The Labute approximate surface area is 99.6 Å². The lowest BCUT2D eigenvalue weighted by Gasteiger charge is -2.12. The van der Waals surface area contributed by atoms with Crippen LogP contribution in [-0.2, 0) is 0 Å². The maximum atomic E-state index is 9.81. The zero-order valence-corrected chi connectivity index (χ0v) is 9.73. The molecule has 88 valence electrons. The van der Waals surface area contributed by atoms with Crippen molar-refractivity contribution in [3.05, 3.63) is 41.5 Å². The lowest BCUT2D eigenvalue weighted by Crippen LogP contribution is -1.88. The fraction of sp³-hybridized carbons (Fsp3) is 0.143. The third-order valence-corrected chi connectivity index (χ3v) is 3.03. The third-order valence-electron chi connectivity index (χ3n) is 3.03. The Balaban J connectivity index is 2.65. The van der Waals surface area contributed by atoms with Gasteiger partial charge < -0.3 is 15.3 Å². The number of aromatic hydroxyl groups is 3. The fourth-order valence-corrected chi connectivity index (χ4v) is 1.85. The molecule has 0 radical (unpaired) electrons. The zero-order valence-electron chi connectivity index (χ0n) is 9.73. The van der Waals surface area contributed by atoms with E-state index < -0.39 is 0 Å². The van der Waals surface area contributed by atoms with Gasteiger partial charge in [-0.2, -0.15) is 0 Å². The molecule has 17 heavy (non-hydrogen) atoms. The molecule has 3 heteroatoms. The van der Waals surface area contributed by atoms with E-state index in [1.807, 2.05) is 13.8 Å². The van der Waals surface area contributed by atoms with Crippen LogP contribution < -0.4 is 0 Å². The molecular formula is C14H14O3. The van der Waals surface area contributed by atoms with Crippen molar-refractivity contribution in [1.82, 2.24) is 0 Å². The minimum absolute atomic E-state index is 0.0261. The van der Waals surface area contributed by atoms with E-state index in [0.717, 1.165) is 16.7 Å². The van der Waals surface area contributed by atoms with Crippen LogP contribution in [0.5, 0.6) is 17.2 Å². The van der Waals surface area contributed by atoms with Crippen LogP contribution in [0.3, 0.4) is 0 Å². The maximum absolute atomic E-state index is 9.81. The highest BCUT2D eigenvalue weighted by atomic mass is 16.3. The van der Waals surface area contributed by atoms with E-state index in [0.29, 0.717) is 5.56 Å². The summed E-state index contributed by atoms with van der Waals surface area (Å²) >= 11 is 0. The molecule has 0 saturated heterocycles. The summed E-state index contributed by atoms with van der Waals surface area (Å²) in [6.45, 7) is 3.71. The summed E-state index contributed by atoms with van der Waals surface area (Å²) in [5.74, 6) is 0.294. The first kappa shape index (κ1) is 11.3. The van der Waals surface area contributed by atoms with Crippen molar-refractivity contribution in [2.75, 3.05) is 0 Å². The van der Waals surface area contributed by atoms with Crippen molar-refractivity contribution in [2.45, 2.75) is 13.8 Å². The molecule has 2 rings (SSSR count). The SMILES string of the molecule is Cc1c(O)ccc(-c2ccc(O)cc2O)c1C. The van der Waals surface area contributed by atoms with Gasteiger partial charge in [-0.15, -0.1) is 0 Å². The van der Waals surface area contributed by atoms with Crippen LogP contribution in [0.15, 0.2) is 30.3 Å². The molecule has 2 aromatic carbocycles. The molecule has 3 N–H and O–H groups in total. The van der Waals surface area contributed by atoms with E-state index in [9.17, 15) is 15.3 Å². The van der Waals surface area contributed by atoms with Crippen molar-refractivity contribution < 1.29 is 15.3 Å². The van der Waals surface area contributed by atoms with Crippen LogP contribution in [-0.4, -0.2) is 15.3 Å². The van der Waals surface area contributed by atoms with E-state index >= 15 is 0 Å². The first-order chi connectivity index (χ1) is 8.00. The van der Waals surface area contributed by atoms with Gasteiger partial charge >= 0.3 is 0 Å². The number of phenols is 3. The van der Waals surface area contributed by atoms with Crippen LogP contribution in [0.4, 0.5) is 0 Å². The van der Waals surface area contributed by atoms with Gasteiger partial charge in [0.2, 0.25) is 0 Å². The molecule has 0 aliphatic heterocycles. The smallest absolute Gasteiger partial charge is 0.127 e. The van der Waals surface area contributed by atoms with Crippen molar-refractivity contribution in [1.29, 1.82) is 0 Å². The Morgan fingerprint density at radius 2 is 1.35 bits per heavy atom. The molecule has 0 aliphatic rings. The predicted molar refractivity (Wildman–Crippen MR) is 66.3 cm³/mol. The molecule has 2 aromatic rings. The molecule has 0 amide bonds. The van der Waals surface area contributed by atoms with Crippen molar-refractivity contribution in [3.8, 4) is 28.4 Å². The first-order valence-corrected chi connectivity index (χ1v) is 5.32. The minimum atomic E-state index is 0.0261. The Bertz CT molecular complexity index is 574. The molecular weight excluding hydrogens is 216 g/mol. The van der Waals surface area contributed by atoms with E-state index in [1.54, 1.807) is 18.2 Å². The van der Waals surface area contributed by atoms with Gasteiger partial charge in [0.15, 0.2) is 0 Å². The monoisotopic (exact) mass is 230 g/mol. The maximum Gasteiger partial charge on any atom is 0.127 e. The summed E-state index contributed by atoms with van der Waals surface area (Å²) < 4.78 is 0. The lowest BCUT2D eigenvalue weighted by molar-refractivity contribution is 0.451. The largest absolute Gasteiger partial charge is 0.508 e. The van der Waals surface area contributed by atoms with Gasteiger partial charge in [-0.05, 0) is 48.7 Å². The van der Waals surface area contributed by atoms with Crippen molar-refractivity contribution >= 4 is 0 Å². The summed E-state index contributed by atoms with van der Waals surface area (Å²) in [6.07, 6.45) is 0. The quantitative estimate of drug-likeness (QED) is 0.705. The van der Waals surface area contributed by atoms with E-state index in [-0.39, 0.29) is 17.2 Å². The van der Waals surface area contributed by atoms with Gasteiger partial charge in [-0.3, -0.25) is 0 Å². The molecule has 0 bridgehead atoms. The second-order valence-electron chi connectivity index (χ2n) is 4.08. The first-order valence-electron chi connectivity index (χ1n) is 5.32. The van der Waals surface area contributed by atoms with Gasteiger partial charge in [-0.25, -0.2) is 0 Å². The van der Waals surface area contributed by atoms with Crippen molar-refractivity contribution in [3.63, 3.8) is 0 Å². The topological polar surface area (TPSA) is 60.7 Å². The predicted octanol–water partition coefficient (Wildman–Crippen LogP) is 3.09. The zero-order chi connectivity index (χ0) is 12.6. The standard InChI is InChI=1S/C14H14O3/c1-8-9(2)13(16)6-5-11(8)12-4-3-10(15)7-14(12)17/h3-7,15-17H,1-2H3. The Hall–Kier alpha value is -2.16. The summed E-state index contributed by atoms with van der Waals surface area (Å²) in [4.78, 5) is 0. The summed E-state index contributed by atoms with van der Waals surface area (Å²) in [5.41, 5.74) is 3.18. The van der Waals surface area contributed by atoms with Crippen LogP contribution in [0, 0.1) is 13.8 Å². The second kappa shape index (κ2) is 4.01. The number of benzene rings is 2. The molecule has 0 aliphatic carbocycles. The molecule has 0 saturated carbocycles. The molecule has 0 atom stereocenters. The van der Waals surface area contributed by atoms with Crippen LogP contribution in [0.1, 0.15) is 11.1 Å². The Morgan fingerprint density at radius 1 is 0.706 bits per heavy atom. The van der Waals surface area contributed by atoms with Gasteiger partial charge in [0, 0.05) is 11.6 Å². The third kappa shape index (κ3) is 1.91. The normalized spacial score (nSPS) is 10.5. The van der Waals surface area contributed by atoms with Gasteiger partial charge in [-0.1, -0.05) is 6.07 Å². The Morgan fingerprint density at radius 3 is 2.00 bits per heavy atom. The molecule has 0 aromatic heterocycles. The van der Waals surface area contributed by atoms with E-state index in [1.165, 1.54) is 12.1 Å². The number of hydrogen-bond acceptors (Lipinski definition) is 3. The number of rotatable bonds is 1. The molecule has 0 unspecified atom stereocenters. The molecule has 0 fully saturated rings. The summed E-state index contributed by atoms with van der Waals surface area (Å²) in [5, 5.41) is 28.6. The number of phenolic OH excluding ortho intramolecular Hbond substituents is 3. The molecule has 3 nitrogen and oxygen atoms in total. The fourth-order valence-electron chi connectivity index (χ4n) is 1.85. The summed E-state index contributed by atoms with van der Waals surface area (Å²) in [6, 6.07) is 7.84. The van der Waals surface area contributed by atoms with Crippen LogP contribution in [0.2, 0.25) is 0 Å². The lowest BCUT2D eigenvalue weighted by atomic mass is 9.96. The van der Waals surface area contributed by atoms with E-state index in [2.05, 4.69) is 0 Å². The molecule has 0 spiro atoms. The van der Waals surface area contributed by atoms with Gasteiger partial charge in [0.1, 0.15) is 17.2 Å². The highest BCUT2D eigenvalue weighted by Gasteiger charge is 2.11. The van der Waals surface area contributed by atoms with Crippen LogP contribution in [0.25, 0.3) is 11.1 Å². The average molecular weight is 230 g/mol. The molecule has 0 heterocycles.